The van der Waals surface area contributed by atoms with Crippen LogP contribution in [0, 0.1) is 5.92 Å². The Hall–Kier alpha value is -2.11. The zero-order chi connectivity index (χ0) is 15.8. The van der Waals surface area contributed by atoms with Crippen LogP contribution in [0.5, 0.6) is 0 Å². The van der Waals surface area contributed by atoms with E-state index in [2.05, 4.69) is 29.5 Å². The molecule has 1 aromatic rings. The van der Waals surface area contributed by atoms with Crippen LogP contribution in [0.2, 0.25) is 0 Å². The van der Waals surface area contributed by atoms with Crippen molar-refractivity contribution in [3.8, 4) is 0 Å². The quantitative estimate of drug-likeness (QED) is 0.720. The maximum atomic E-state index is 11.7. The van der Waals surface area contributed by atoms with Gasteiger partial charge >= 0.3 is 12.0 Å². The number of aromatic nitrogens is 1. The molecular weight excluding hydrogens is 270 g/mol. The highest BCUT2D eigenvalue weighted by Crippen LogP contribution is 2.06. The largest absolute Gasteiger partial charge is 0.478 e. The van der Waals surface area contributed by atoms with Crippen molar-refractivity contribution in [3.05, 3.63) is 29.6 Å². The first-order valence-corrected chi connectivity index (χ1v) is 7.11. The third-order valence-electron chi connectivity index (χ3n) is 3.05. The number of carbonyl (C=O) groups excluding carboxylic acids is 1. The fraction of sp³-hybridized carbons (Fsp3) is 0.533. The number of nitrogens with zero attached hydrogens (tertiary/aromatic N) is 1. The number of hydrogen-bond donors (Lipinski definition) is 3. The Labute approximate surface area is 125 Å². The summed E-state index contributed by atoms with van der Waals surface area (Å²) in [5, 5.41) is 14.4. The third-order valence-corrected chi connectivity index (χ3v) is 3.05. The third kappa shape index (κ3) is 6.74. The van der Waals surface area contributed by atoms with E-state index in [-0.39, 0.29) is 24.2 Å². The van der Waals surface area contributed by atoms with Crippen molar-refractivity contribution in [1.29, 1.82) is 0 Å². The molecule has 0 aliphatic heterocycles. The molecule has 0 saturated carbocycles. The van der Waals surface area contributed by atoms with Crippen LogP contribution in [0.15, 0.2) is 18.3 Å². The number of pyridine rings is 1. The Balaban J connectivity index is 2.39. The molecule has 0 aliphatic rings. The van der Waals surface area contributed by atoms with Gasteiger partial charge in [-0.2, -0.15) is 0 Å². The first-order valence-electron chi connectivity index (χ1n) is 7.11. The van der Waals surface area contributed by atoms with E-state index in [9.17, 15) is 9.59 Å². The molecule has 116 valence electrons. The average Bonchev–Trinajstić information content (AvgIpc) is 2.43. The van der Waals surface area contributed by atoms with E-state index in [4.69, 9.17) is 5.11 Å². The molecule has 1 rings (SSSR count). The Kier molecular flexibility index (Phi) is 6.65. The standard InChI is InChI=1S/C15H23N3O3/c1-10(2)4-5-11(3)18-15(21)17-9-13-8-12(14(19)20)6-7-16-13/h6-8,10-11H,4-5,9H2,1-3H3,(H,19,20)(H2,17,18,21). The first-order chi connectivity index (χ1) is 9.88. The molecule has 6 nitrogen and oxygen atoms in total. The van der Waals surface area contributed by atoms with Crippen molar-refractivity contribution >= 4 is 12.0 Å². The van der Waals surface area contributed by atoms with Crippen LogP contribution >= 0.6 is 0 Å². The second kappa shape index (κ2) is 8.24. The van der Waals surface area contributed by atoms with Crippen LogP contribution in [0.4, 0.5) is 4.79 Å². The fourth-order valence-corrected chi connectivity index (χ4v) is 1.81. The van der Waals surface area contributed by atoms with Gasteiger partial charge in [0.25, 0.3) is 0 Å². The van der Waals surface area contributed by atoms with E-state index in [1.807, 2.05) is 6.92 Å². The predicted octanol–water partition coefficient (Wildman–Crippen LogP) is 2.40. The van der Waals surface area contributed by atoms with Gasteiger partial charge in [0.2, 0.25) is 0 Å². The van der Waals surface area contributed by atoms with E-state index in [1.54, 1.807) is 0 Å². The number of carbonyl (C=O) groups is 2. The molecule has 6 heteroatoms. The molecule has 1 atom stereocenters. The highest BCUT2D eigenvalue weighted by atomic mass is 16.4. The lowest BCUT2D eigenvalue weighted by Crippen LogP contribution is -2.40. The number of urea groups is 1. The smallest absolute Gasteiger partial charge is 0.335 e. The molecule has 0 fully saturated rings. The minimum absolute atomic E-state index is 0.103. The number of carboxylic acids is 1. The number of nitrogens with one attached hydrogen (secondary N) is 2. The van der Waals surface area contributed by atoms with E-state index < -0.39 is 5.97 Å². The zero-order valence-electron chi connectivity index (χ0n) is 12.7. The van der Waals surface area contributed by atoms with E-state index in [0.29, 0.717) is 11.6 Å². The monoisotopic (exact) mass is 293 g/mol. The van der Waals surface area contributed by atoms with Crippen LogP contribution in [-0.4, -0.2) is 28.1 Å². The Bertz CT molecular complexity index is 489. The highest BCUT2D eigenvalue weighted by molar-refractivity contribution is 5.87. The molecule has 1 aromatic heterocycles. The fourth-order valence-electron chi connectivity index (χ4n) is 1.81. The summed E-state index contributed by atoms with van der Waals surface area (Å²) < 4.78 is 0. The number of hydrogen-bond acceptors (Lipinski definition) is 3. The second-order valence-corrected chi connectivity index (χ2v) is 5.54. The molecule has 0 aromatic carbocycles. The highest BCUT2D eigenvalue weighted by Gasteiger charge is 2.09. The molecule has 2 amide bonds. The molecule has 0 saturated heterocycles. The van der Waals surface area contributed by atoms with Gasteiger partial charge < -0.3 is 15.7 Å². The lowest BCUT2D eigenvalue weighted by Gasteiger charge is -2.15. The van der Waals surface area contributed by atoms with Crippen LogP contribution < -0.4 is 10.6 Å². The van der Waals surface area contributed by atoms with Gasteiger partial charge in [-0.15, -0.1) is 0 Å². The normalized spacial score (nSPS) is 12.0. The van der Waals surface area contributed by atoms with Gasteiger partial charge in [0.1, 0.15) is 0 Å². The predicted molar refractivity (Wildman–Crippen MR) is 80.1 cm³/mol. The van der Waals surface area contributed by atoms with Crippen molar-refractivity contribution in [2.24, 2.45) is 5.92 Å². The average molecular weight is 293 g/mol. The Morgan fingerprint density at radius 2 is 2.00 bits per heavy atom. The topological polar surface area (TPSA) is 91.3 Å². The summed E-state index contributed by atoms with van der Waals surface area (Å²) in [7, 11) is 0. The molecule has 0 bridgehead atoms. The molecule has 21 heavy (non-hydrogen) atoms. The summed E-state index contributed by atoms with van der Waals surface area (Å²) in [6.07, 6.45) is 3.41. The minimum atomic E-state index is -1.01. The summed E-state index contributed by atoms with van der Waals surface area (Å²) in [6, 6.07) is 2.70. The zero-order valence-corrected chi connectivity index (χ0v) is 12.7. The lowest BCUT2D eigenvalue weighted by atomic mass is 10.0. The minimum Gasteiger partial charge on any atom is -0.478 e. The number of carboxylic acid groups (broad SMARTS) is 1. The number of rotatable bonds is 7. The molecule has 3 N–H and O–H groups in total. The molecule has 0 aliphatic carbocycles. The number of amides is 2. The van der Waals surface area contributed by atoms with E-state index in [0.717, 1.165) is 12.8 Å². The van der Waals surface area contributed by atoms with Crippen LogP contribution in [0.25, 0.3) is 0 Å². The summed E-state index contributed by atoms with van der Waals surface area (Å²) in [5.74, 6) is -0.398. The molecule has 0 radical (unpaired) electrons. The van der Waals surface area contributed by atoms with E-state index >= 15 is 0 Å². The van der Waals surface area contributed by atoms with Crippen molar-refractivity contribution < 1.29 is 14.7 Å². The van der Waals surface area contributed by atoms with Gasteiger partial charge in [0.05, 0.1) is 17.8 Å². The van der Waals surface area contributed by atoms with Gasteiger partial charge in [-0.25, -0.2) is 9.59 Å². The molecular formula is C15H23N3O3. The van der Waals surface area contributed by atoms with Crippen molar-refractivity contribution in [1.82, 2.24) is 15.6 Å². The van der Waals surface area contributed by atoms with Gasteiger partial charge in [0.15, 0.2) is 0 Å². The molecule has 1 unspecified atom stereocenters. The molecule has 1 heterocycles. The summed E-state index contributed by atoms with van der Waals surface area (Å²) in [6.45, 7) is 6.46. The Morgan fingerprint density at radius 1 is 1.29 bits per heavy atom. The van der Waals surface area contributed by atoms with Gasteiger partial charge in [-0.1, -0.05) is 13.8 Å². The van der Waals surface area contributed by atoms with E-state index in [1.165, 1.54) is 18.3 Å². The van der Waals surface area contributed by atoms with Crippen molar-refractivity contribution in [2.45, 2.75) is 46.2 Å². The first kappa shape index (κ1) is 16.9. The summed E-state index contributed by atoms with van der Waals surface area (Å²) in [4.78, 5) is 26.6. The molecule has 0 spiro atoms. The van der Waals surface area contributed by atoms with Crippen LogP contribution in [-0.2, 0) is 6.54 Å². The van der Waals surface area contributed by atoms with Crippen molar-refractivity contribution in [2.75, 3.05) is 0 Å². The lowest BCUT2D eigenvalue weighted by molar-refractivity contribution is 0.0696. The van der Waals surface area contributed by atoms with Gasteiger partial charge in [0, 0.05) is 12.2 Å². The maximum Gasteiger partial charge on any atom is 0.335 e. The van der Waals surface area contributed by atoms with Crippen LogP contribution in [0.1, 0.15) is 49.7 Å². The second-order valence-electron chi connectivity index (χ2n) is 5.54. The maximum absolute atomic E-state index is 11.7. The number of aromatic carboxylic acids is 1. The van der Waals surface area contributed by atoms with Gasteiger partial charge in [-0.3, -0.25) is 4.98 Å². The Morgan fingerprint density at radius 3 is 2.62 bits per heavy atom. The SMILES string of the molecule is CC(C)CCC(C)NC(=O)NCc1cc(C(=O)O)ccn1. The van der Waals surface area contributed by atoms with Crippen molar-refractivity contribution in [3.63, 3.8) is 0 Å². The van der Waals surface area contributed by atoms with Gasteiger partial charge in [-0.05, 0) is 37.8 Å². The summed E-state index contributed by atoms with van der Waals surface area (Å²) >= 11 is 0. The van der Waals surface area contributed by atoms with Crippen LogP contribution in [0.3, 0.4) is 0 Å². The summed E-state index contributed by atoms with van der Waals surface area (Å²) in [5.41, 5.74) is 0.674.